The van der Waals surface area contributed by atoms with Crippen LogP contribution in [0.5, 0.6) is 0 Å². The Morgan fingerprint density at radius 3 is 2.42 bits per heavy atom. The van der Waals surface area contributed by atoms with Crippen LogP contribution in [0, 0.1) is 0 Å². The number of aromatic nitrogens is 2. The number of carbonyl (C=O) groups excluding carboxylic acids is 1. The van der Waals surface area contributed by atoms with Crippen molar-refractivity contribution in [2.24, 2.45) is 0 Å². The van der Waals surface area contributed by atoms with Gasteiger partial charge in [0.1, 0.15) is 12.0 Å². The second-order valence-corrected chi connectivity index (χ2v) is 6.79. The van der Waals surface area contributed by atoms with Crippen LogP contribution in [0.25, 0.3) is 22.3 Å². The van der Waals surface area contributed by atoms with Gasteiger partial charge in [0.2, 0.25) is 0 Å². The maximum Gasteiger partial charge on any atom is 0.156 e. The number of hydrogen-bond donors (Lipinski definition) is 0. The van der Waals surface area contributed by atoms with E-state index in [0.717, 1.165) is 47.5 Å². The molecule has 26 heavy (non-hydrogen) atoms. The largest absolute Gasteiger partial charge is 0.372 e. The van der Waals surface area contributed by atoms with Gasteiger partial charge in [-0.1, -0.05) is 30.3 Å². The highest BCUT2D eigenvalue weighted by molar-refractivity contribution is 5.88. The number of nitrogens with zero attached hydrogens (tertiary/aromatic N) is 3. The van der Waals surface area contributed by atoms with Crippen molar-refractivity contribution in [3.63, 3.8) is 0 Å². The standard InChI is InChI=1S/C21H21N3O2/c1-14-11-24(12-15(2)26-14)21-20(17-6-4-3-5-7-17)22-19-10-16(13-25)8-9-18(19)23-21/h3-10,13-15H,11-12H2,1-2H3. The van der Waals surface area contributed by atoms with Gasteiger partial charge < -0.3 is 9.64 Å². The van der Waals surface area contributed by atoms with E-state index in [9.17, 15) is 4.79 Å². The summed E-state index contributed by atoms with van der Waals surface area (Å²) in [7, 11) is 0. The maximum absolute atomic E-state index is 11.1. The fraction of sp³-hybridized carbons (Fsp3) is 0.286. The van der Waals surface area contributed by atoms with E-state index in [2.05, 4.69) is 18.7 Å². The zero-order chi connectivity index (χ0) is 18.1. The minimum Gasteiger partial charge on any atom is -0.372 e. The van der Waals surface area contributed by atoms with Crippen molar-refractivity contribution in [3.05, 3.63) is 54.1 Å². The van der Waals surface area contributed by atoms with Crippen molar-refractivity contribution in [1.82, 2.24) is 9.97 Å². The third-order valence-electron chi connectivity index (χ3n) is 4.57. The molecule has 5 heteroatoms. The van der Waals surface area contributed by atoms with Gasteiger partial charge in [-0.05, 0) is 32.0 Å². The van der Waals surface area contributed by atoms with Gasteiger partial charge >= 0.3 is 0 Å². The van der Waals surface area contributed by atoms with Crippen LogP contribution < -0.4 is 4.90 Å². The van der Waals surface area contributed by atoms with E-state index in [1.165, 1.54) is 0 Å². The Labute approximate surface area is 152 Å². The van der Waals surface area contributed by atoms with Crippen LogP contribution in [-0.2, 0) is 4.74 Å². The number of aldehydes is 1. The Hall–Kier alpha value is -2.79. The summed E-state index contributed by atoms with van der Waals surface area (Å²) in [4.78, 5) is 23.2. The molecule has 0 saturated carbocycles. The van der Waals surface area contributed by atoms with Crippen molar-refractivity contribution in [1.29, 1.82) is 0 Å². The van der Waals surface area contributed by atoms with Crippen LogP contribution in [-0.4, -0.2) is 41.6 Å². The molecular formula is C21H21N3O2. The zero-order valence-corrected chi connectivity index (χ0v) is 14.9. The summed E-state index contributed by atoms with van der Waals surface area (Å²) in [5.41, 5.74) is 3.97. The Bertz CT molecular complexity index is 933. The van der Waals surface area contributed by atoms with Gasteiger partial charge in [0.05, 0.1) is 23.2 Å². The lowest BCUT2D eigenvalue weighted by molar-refractivity contribution is -0.00542. The molecule has 2 aromatic carbocycles. The molecule has 2 heterocycles. The highest BCUT2D eigenvalue weighted by atomic mass is 16.5. The summed E-state index contributed by atoms with van der Waals surface area (Å²) in [6, 6.07) is 15.5. The Morgan fingerprint density at radius 2 is 1.73 bits per heavy atom. The summed E-state index contributed by atoms with van der Waals surface area (Å²) in [6.45, 7) is 5.71. The fourth-order valence-corrected chi connectivity index (χ4v) is 3.50. The molecule has 2 atom stereocenters. The molecule has 4 rings (SSSR count). The van der Waals surface area contributed by atoms with Crippen LogP contribution in [0.4, 0.5) is 5.82 Å². The molecule has 2 unspecified atom stereocenters. The molecule has 1 saturated heterocycles. The molecule has 0 aliphatic carbocycles. The molecule has 5 nitrogen and oxygen atoms in total. The van der Waals surface area contributed by atoms with Crippen molar-refractivity contribution >= 4 is 23.1 Å². The zero-order valence-electron chi connectivity index (χ0n) is 14.9. The summed E-state index contributed by atoms with van der Waals surface area (Å²) < 4.78 is 5.87. The molecule has 0 N–H and O–H groups in total. The number of hydrogen-bond acceptors (Lipinski definition) is 5. The van der Waals surface area contributed by atoms with E-state index in [-0.39, 0.29) is 12.2 Å². The van der Waals surface area contributed by atoms with Crippen LogP contribution >= 0.6 is 0 Å². The van der Waals surface area contributed by atoms with Crippen LogP contribution in [0.15, 0.2) is 48.5 Å². The third kappa shape index (κ3) is 3.18. The number of carbonyl (C=O) groups is 1. The summed E-state index contributed by atoms with van der Waals surface area (Å²) in [5, 5.41) is 0. The average Bonchev–Trinajstić information content (AvgIpc) is 2.66. The second kappa shape index (κ2) is 6.84. The Balaban J connectivity index is 1.90. The SMILES string of the molecule is CC1CN(c2nc3ccc(C=O)cc3nc2-c2ccccc2)CC(C)O1. The van der Waals surface area contributed by atoms with Gasteiger partial charge in [0, 0.05) is 24.2 Å². The Kier molecular flexibility index (Phi) is 4.39. The summed E-state index contributed by atoms with van der Waals surface area (Å²) in [5.74, 6) is 0.865. The fourth-order valence-electron chi connectivity index (χ4n) is 3.50. The monoisotopic (exact) mass is 347 g/mol. The van der Waals surface area contributed by atoms with E-state index in [1.54, 1.807) is 12.1 Å². The molecule has 1 aromatic heterocycles. The van der Waals surface area contributed by atoms with E-state index < -0.39 is 0 Å². The molecule has 0 spiro atoms. The quantitative estimate of drug-likeness (QED) is 0.676. The third-order valence-corrected chi connectivity index (χ3v) is 4.57. The maximum atomic E-state index is 11.1. The summed E-state index contributed by atoms with van der Waals surface area (Å²) >= 11 is 0. The highest BCUT2D eigenvalue weighted by Crippen LogP contribution is 2.31. The van der Waals surface area contributed by atoms with Crippen molar-refractivity contribution in [2.45, 2.75) is 26.1 Å². The molecular weight excluding hydrogens is 326 g/mol. The number of ether oxygens (including phenoxy) is 1. The van der Waals surface area contributed by atoms with Gasteiger partial charge in [-0.3, -0.25) is 4.79 Å². The van der Waals surface area contributed by atoms with Gasteiger partial charge in [-0.2, -0.15) is 0 Å². The first-order chi connectivity index (χ1) is 12.6. The lowest BCUT2D eigenvalue weighted by Gasteiger charge is -2.36. The van der Waals surface area contributed by atoms with Gasteiger partial charge in [-0.15, -0.1) is 0 Å². The number of anilines is 1. The minimum atomic E-state index is 0.136. The second-order valence-electron chi connectivity index (χ2n) is 6.79. The number of morpholine rings is 1. The highest BCUT2D eigenvalue weighted by Gasteiger charge is 2.26. The molecule has 0 radical (unpaired) electrons. The normalized spacial score (nSPS) is 20.3. The molecule has 1 aliphatic heterocycles. The lowest BCUT2D eigenvalue weighted by atomic mass is 10.1. The first-order valence-electron chi connectivity index (χ1n) is 8.87. The number of rotatable bonds is 3. The van der Waals surface area contributed by atoms with Gasteiger partial charge in [0.15, 0.2) is 5.82 Å². The predicted octanol–water partition coefficient (Wildman–Crippen LogP) is 3.72. The Morgan fingerprint density at radius 1 is 1.00 bits per heavy atom. The molecule has 0 bridgehead atoms. The topological polar surface area (TPSA) is 55.3 Å². The lowest BCUT2D eigenvalue weighted by Crippen LogP contribution is -2.46. The predicted molar refractivity (Wildman–Crippen MR) is 103 cm³/mol. The molecule has 1 aliphatic rings. The van der Waals surface area contributed by atoms with Crippen LogP contribution in [0.2, 0.25) is 0 Å². The molecule has 3 aromatic rings. The smallest absolute Gasteiger partial charge is 0.156 e. The van der Waals surface area contributed by atoms with Crippen LogP contribution in [0.3, 0.4) is 0 Å². The van der Waals surface area contributed by atoms with E-state index in [4.69, 9.17) is 14.7 Å². The molecule has 0 amide bonds. The molecule has 132 valence electrons. The van der Waals surface area contributed by atoms with E-state index >= 15 is 0 Å². The van der Waals surface area contributed by atoms with Gasteiger partial charge in [-0.25, -0.2) is 9.97 Å². The summed E-state index contributed by atoms with van der Waals surface area (Å²) in [6.07, 6.45) is 1.11. The first-order valence-corrected chi connectivity index (χ1v) is 8.87. The van der Waals surface area contributed by atoms with Gasteiger partial charge in [0.25, 0.3) is 0 Å². The first kappa shape index (κ1) is 16.7. The minimum absolute atomic E-state index is 0.136. The van der Waals surface area contributed by atoms with Crippen molar-refractivity contribution in [3.8, 4) is 11.3 Å². The van der Waals surface area contributed by atoms with Crippen LogP contribution in [0.1, 0.15) is 24.2 Å². The van der Waals surface area contributed by atoms with Crippen molar-refractivity contribution in [2.75, 3.05) is 18.0 Å². The molecule has 1 fully saturated rings. The van der Waals surface area contributed by atoms with E-state index in [1.807, 2.05) is 36.4 Å². The van der Waals surface area contributed by atoms with E-state index in [0.29, 0.717) is 5.56 Å². The average molecular weight is 347 g/mol. The number of fused-ring (bicyclic) bond motifs is 1. The number of benzene rings is 2. The van der Waals surface area contributed by atoms with Crippen molar-refractivity contribution < 1.29 is 9.53 Å².